The molecule has 2 aliphatic rings. The topological polar surface area (TPSA) is 65.1 Å². The normalized spacial score (nSPS) is 25.5. The van der Waals surface area contributed by atoms with E-state index in [-0.39, 0.29) is 17.7 Å². The van der Waals surface area contributed by atoms with Crippen molar-refractivity contribution in [3.8, 4) is 0 Å². The number of esters is 1. The van der Waals surface area contributed by atoms with Crippen LogP contribution in [0, 0.1) is 5.92 Å². The van der Waals surface area contributed by atoms with Crippen LogP contribution in [-0.4, -0.2) is 42.9 Å². The molecule has 0 N–H and O–H groups in total. The molecule has 140 valence electrons. The number of carbonyl (C=O) groups is 2. The van der Waals surface area contributed by atoms with Gasteiger partial charge in [0.25, 0.3) is 0 Å². The van der Waals surface area contributed by atoms with E-state index in [2.05, 4.69) is 13.8 Å². The Kier molecular flexibility index (Phi) is 5.49. The minimum absolute atomic E-state index is 0.0443. The van der Waals surface area contributed by atoms with Crippen LogP contribution >= 0.6 is 0 Å². The highest BCUT2D eigenvalue weighted by Gasteiger charge is 2.43. The Hall–Kier alpha value is -2.50. The molecule has 3 atom stereocenters. The van der Waals surface area contributed by atoms with Gasteiger partial charge in [-0.05, 0) is 24.0 Å². The number of carbonyl (C=O) groups excluding carboxylic acids is 2. The van der Waals surface area contributed by atoms with Gasteiger partial charge in [0.05, 0.1) is 13.2 Å². The van der Waals surface area contributed by atoms with Crippen LogP contribution in [-0.2, 0) is 19.0 Å². The molecular formula is C20H25NO5. The van der Waals surface area contributed by atoms with Crippen LogP contribution in [0.25, 0.3) is 0 Å². The molecule has 1 amide bonds. The molecule has 1 fully saturated rings. The van der Waals surface area contributed by atoms with Gasteiger partial charge in [0.15, 0.2) is 6.23 Å². The van der Waals surface area contributed by atoms with Gasteiger partial charge in [-0.15, -0.1) is 0 Å². The molecule has 0 aromatic heterocycles. The van der Waals surface area contributed by atoms with E-state index >= 15 is 0 Å². The molecule has 3 rings (SSSR count). The van der Waals surface area contributed by atoms with Gasteiger partial charge >= 0.3 is 12.1 Å². The van der Waals surface area contributed by atoms with Gasteiger partial charge in [0.1, 0.15) is 6.61 Å². The van der Waals surface area contributed by atoms with Crippen molar-refractivity contribution >= 4 is 12.1 Å². The smallest absolute Gasteiger partial charge is 0.413 e. The second-order valence-electron chi connectivity index (χ2n) is 7.12. The van der Waals surface area contributed by atoms with Crippen molar-refractivity contribution in [2.24, 2.45) is 5.92 Å². The van der Waals surface area contributed by atoms with Crippen molar-refractivity contribution in [3.63, 3.8) is 0 Å². The SMILES string of the molecule is COC(=O)C1=C[C@H](c2ccccc2)C[C@H](N2C(=O)OC[C@@H]2CC(C)C)O1. The lowest BCUT2D eigenvalue weighted by molar-refractivity contribution is -0.144. The maximum atomic E-state index is 12.3. The molecule has 6 nitrogen and oxygen atoms in total. The molecule has 0 spiro atoms. The maximum Gasteiger partial charge on any atom is 0.413 e. The average Bonchev–Trinajstić information content (AvgIpc) is 3.00. The summed E-state index contributed by atoms with van der Waals surface area (Å²) < 4.78 is 16.0. The highest BCUT2D eigenvalue weighted by atomic mass is 16.6. The van der Waals surface area contributed by atoms with Crippen molar-refractivity contribution in [2.45, 2.75) is 44.9 Å². The van der Waals surface area contributed by atoms with Gasteiger partial charge < -0.3 is 14.2 Å². The Bertz CT molecular complexity index is 685. The Morgan fingerprint density at radius 1 is 1.31 bits per heavy atom. The second-order valence-corrected chi connectivity index (χ2v) is 7.12. The molecule has 0 aliphatic carbocycles. The van der Waals surface area contributed by atoms with Gasteiger partial charge in [-0.1, -0.05) is 44.2 Å². The quantitative estimate of drug-likeness (QED) is 0.754. The fourth-order valence-electron chi connectivity index (χ4n) is 3.57. The third kappa shape index (κ3) is 3.84. The number of ether oxygens (including phenoxy) is 3. The molecule has 6 heteroatoms. The van der Waals surface area contributed by atoms with E-state index in [0.717, 1.165) is 12.0 Å². The van der Waals surface area contributed by atoms with Crippen molar-refractivity contribution in [1.29, 1.82) is 0 Å². The monoisotopic (exact) mass is 359 g/mol. The van der Waals surface area contributed by atoms with Gasteiger partial charge in [-0.3, -0.25) is 4.90 Å². The van der Waals surface area contributed by atoms with Crippen molar-refractivity contribution in [1.82, 2.24) is 4.90 Å². The van der Waals surface area contributed by atoms with Crippen molar-refractivity contribution < 1.29 is 23.8 Å². The Labute approximate surface area is 153 Å². The molecule has 1 aromatic carbocycles. The molecule has 2 heterocycles. The van der Waals surface area contributed by atoms with Crippen LogP contribution in [0.3, 0.4) is 0 Å². The first-order chi connectivity index (χ1) is 12.5. The number of nitrogens with zero attached hydrogens (tertiary/aromatic N) is 1. The predicted octanol–water partition coefficient (Wildman–Crippen LogP) is 3.44. The molecule has 0 unspecified atom stereocenters. The number of hydrogen-bond acceptors (Lipinski definition) is 5. The van der Waals surface area contributed by atoms with E-state index in [9.17, 15) is 9.59 Å². The number of allylic oxidation sites excluding steroid dienone is 1. The van der Waals surface area contributed by atoms with Gasteiger partial charge in [-0.2, -0.15) is 0 Å². The zero-order valence-electron chi connectivity index (χ0n) is 15.4. The van der Waals surface area contributed by atoms with Crippen molar-refractivity contribution in [2.75, 3.05) is 13.7 Å². The minimum Gasteiger partial charge on any atom is -0.463 e. The lowest BCUT2D eigenvalue weighted by atomic mass is 9.91. The summed E-state index contributed by atoms with van der Waals surface area (Å²) in [7, 11) is 1.32. The molecule has 2 aliphatic heterocycles. The first-order valence-corrected chi connectivity index (χ1v) is 8.96. The minimum atomic E-state index is -0.557. The average molecular weight is 359 g/mol. The Balaban J connectivity index is 1.89. The number of hydrogen-bond donors (Lipinski definition) is 0. The van der Waals surface area contributed by atoms with E-state index in [4.69, 9.17) is 14.2 Å². The highest BCUT2D eigenvalue weighted by Crippen LogP contribution is 2.35. The molecular weight excluding hydrogens is 334 g/mol. The third-order valence-corrected chi connectivity index (χ3v) is 4.74. The van der Waals surface area contributed by atoms with Crippen LogP contribution in [0.2, 0.25) is 0 Å². The zero-order chi connectivity index (χ0) is 18.7. The van der Waals surface area contributed by atoms with Gasteiger partial charge in [-0.25, -0.2) is 9.59 Å². The lowest BCUT2D eigenvalue weighted by Gasteiger charge is -2.36. The van der Waals surface area contributed by atoms with E-state index in [1.807, 2.05) is 30.3 Å². The fraction of sp³-hybridized carbons (Fsp3) is 0.500. The molecule has 26 heavy (non-hydrogen) atoms. The number of rotatable bonds is 5. The molecule has 0 saturated carbocycles. The second kappa shape index (κ2) is 7.81. The largest absolute Gasteiger partial charge is 0.463 e. The number of methoxy groups -OCH3 is 1. The number of benzene rings is 1. The molecule has 0 bridgehead atoms. The first kappa shape index (κ1) is 18.3. The van der Waals surface area contributed by atoms with E-state index in [1.54, 1.807) is 11.0 Å². The number of cyclic esters (lactones) is 1. The van der Waals surface area contributed by atoms with Crippen LogP contribution in [0.4, 0.5) is 4.79 Å². The summed E-state index contributed by atoms with van der Waals surface area (Å²) in [5.74, 6) is -0.0255. The van der Waals surface area contributed by atoms with Crippen LogP contribution in [0.1, 0.15) is 38.2 Å². The number of amides is 1. The van der Waals surface area contributed by atoms with Gasteiger partial charge in [0.2, 0.25) is 5.76 Å². The van der Waals surface area contributed by atoms with E-state index in [1.165, 1.54) is 7.11 Å². The zero-order valence-corrected chi connectivity index (χ0v) is 15.4. The van der Waals surface area contributed by atoms with Gasteiger partial charge in [0, 0.05) is 12.3 Å². The fourth-order valence-corrected chi connectivity index (χ4v) is 3.57. The Morgan fingerprint density at radius 3 is 2.69 bits per heavy atom. The molecule has 1 aromatic rings. The summed E-state index contributed by atoms with van der Waals surface area (Å²) in [6, 6.07) is 9.82. The van der Waals surface area contributed by atoms with Crippen LogP contribution in [0.15, 0.2) is 42.2 Å². The summed E-state index contributed by atoms with van der Waals surface area (Å²) >= 11 is 0. The summed E-state index contributed by atoms with van der Waals surface area (Å²) in [5, 5.41) is 0. The van der Waals surface area contributed by atoms with E-state index < -0.39 is 18.3 Å². The van der Waals surface area contributed by atoms with E-state index in [0.29, 0.717) is 18.9 Å². The molecule has 0 radical (unpaired) electrons. The summed E-state index contributed by atoms with van der Waals surface area (Å²) in [6.45, 7) is 4.56. The highest BCUT2D eigenvalue weighted by molar-refractivity contribution is 5.86. The predicted molar refractivity (Wildman–Crippen MR) is 95.2 cm³/mol. The Morgan fingerprint density at radius 2 is 2.04 bits per heavy atom. The molecule has 1 saturated heterocycles. The van der Waals surface area contributed by atoms with Crippen molar-refractivity contribution in [3.05, 3.63) is 47.7 Å². The van der Waals surface area contributed by atoms with Crippen LogP contribution in [0.5, 0.6) is 0 Å². The lowest BCUT2D eigenvalue weighted by Crippen LogP contribution is -2.46. The first-order valence-electron chi connectivity index (χ1n) is 8.96. The maximum absolute atomic E-state index is 12.3. The summed E-state index contributed by atoms with van der Waals surface area (Å²) in [6.07, 6.45) is 2.21. The third-order valence-electron chi connectivity index (χ3n) is 4.74. The summed E-state index contributed by atoms with van der Waals surface area (Å²) in [5.41, 5.74) is 1.06. The van der Waals surface area contributed by atoms with Crippen LogP contribution < -0.4 is 0 Å². The standard InChI is InChI=1S/C20H25NO5/c1-13(2)9-16-12-25-20(23)21(16)18-11-15(14-7-5-4-6-8-14)10-17(26-18)19(22)24-3/h4-8,10,13,15-16,18H,9,11-12H2,1-3H3/t15-,16-,18+/m0/s1. The summed E-state index contributed by atoms with van der Waals surface area (Å²) in [4.78, 5) is 26.1.